The molecule has 1 amide bonds. The number of carbonyl (C=O) groups is 1. The van der Waals surface area contributed by atoms with Gasteiger partial charge in [-0.1, -0.05) is 42.5 Å². The molecule has 0 unspecified atom stereocenters. The van der Waals surface area contributed by atoms with Gasteiger partial charge in [0.2, 0.25) is 5.91 Å². The third-order valence-corrected chi connectivity index (χ3v) is 3.87. The molecule has 24 heavy (non-hydrogen) atoms. The number of aromatic nitrogens is 2. The Morgan fingerprint density at radius 2 is 2.04 bits per heavy atom. The molecule has 4 nitrogen and oxygen atoms in total. The summed E-state index contributed by atoms with van der Waals surface area (Å²) in [5.74, 6) is -0.259. The Labute approximate surface area is 145 Å². The summed E-state index contributed by atoms with van der Waals surface area (Å²) in [4.78, 5) is 15.9. The van der Waals surface area contributed by atoms with Gasteiger partial charge in [-0.2, -0.15) is 0 Å². The Kier molecular flexibility index (Phi) is 4.49. The van der Waals surface area contributed by atoms with E-state index in [-0.39, 0.29) is 5.91 Å². The summed E-state index contributed by atoms with van der Waals surface area (Å²) < 4.78 is 1.95. The maximum atomic E-state index is 11.5. The first-order chi connectivity index (χ1) is 11.6. The molecule has 1 N–H and O–H groups in total. The van der Waals surface area contributed by atoms with Gasteiger partial charge in [-0.25, -0.2) is 4.98 Å². The van der Waals surface area contributed by atoms with E-state index in [1.807, 2.05) is 60.3 Å². The predicted molar refractivity (Wildman–Crippen MR) is 99.9 cm³/mol. The van der Waals surface area contributed by atoms with E-state index in [0.717, 1.165) is 22.2 Å². The van der Waals surface area contributed by atoms with Gasteiger partial charge in [0.05, 0.1) is 11.9 Å². The number of fused-ring (bicyclic) bond motifs is 1. The molecule has 0 spiro atoms. The molecule has 2 aromatic heterocycles. The third kappa shape index (κ3) is 3.39. The van der Waals surface area contributed by atoms with Crippen LogP contribution < -0.4 is 5.32 Å². The molecule has 0 radical (unpaired) electrons. The number of nitrogens with zero attached hydrogens (tertiary/aromatic N) is 2. The van der Waals surface area contributed by atoms with Crippen molar-refractivity contribution in [2.75, 3.05) is 5.32 Å². The molecule has 0 fully saturated rings. The van der Waals surface area contributed by atoms with Crippen LogP contribution in [0.2, 0.25) is 5.02 Å². The number of hydrogen-bond donors (Lipinski definition) is 1. The lowest BCUT2D eigenvalue weighted by atomic mass is 10.1. The molecule has 0 saturated heterocycles. The van der Waals surface area contributed by atoms with Gasteiger partial charge in [-0.15, -0.1) is 0 Å². The maximum absolute atomic E-state index is 11.5. The molecular weight excluding hydrogens is 322 g/mol. The number of amides is 1. The molecule has 0 aliphatic heterocycles. The fourth-order valence-corrected chi connectivity index (χ4v) is 2.57. The Hall–Kier alpha value is -2.85. The highest BCUT2D eigenvalue weighted by molar-refractivity contribution is 6.30. The average molecular weight is 338 g/mol. The van der Waals surface area contributed by atoms with Crippen LogP contribution >= 0.6 is 11.6 Å². The summed E-state index contributed by atoms with van der Waals surface area (Å²) in [6, 6.07) is 9.53. The Bertz CT molecular complexity index is 939. The first-order valence-electron chi connectivity index (χ1n) is 7.39. The van der Waals surface area contributed by atoms with Crippen LogP contribution in [0.25, 0.3) is 23.2 Å². The van der Waals surface area contributed by atoms with Crippen LogP contribution in [0.4, 0.5) is 5.69 Å². The quantitative estimate of drug-likeness (QED) is 0.711. The zero-order valence-corrected chi connectivity index (χ0v) is 13.9. The molecule has 5 heteroatoms. The summed E-state index contributed by atoms with van der Waals surface area (Å²) in [6.07, 6.45) is 8.91. The van der Waals surface area contributed by atoms with Gasteiger partial charge >= 0.3 is 0 Å². The highest BCUT2D eigenvalue weighted by Crippen LogP contribution is 2.24. The number of hydrogen-bond acceptors (Lipinski definition) is 2. The molecular formula is C19H16ClN3O. The van der Waals surface area contributed by atoms with E-state index in [2.05, 4.69) is 16.9 Å². The second-order valence-corrected chi connectivity index (χ2v) is 5.81. The van der Waals surface area contributed by atoms with E-state index in [9.17, 15) is 4.79 Å². The largest absolute Gasteiger partial charge is 0.335 e. The van der Waals surface area contributed by atoms with Gasteiger partial charge in [0.15, 0.2) is 0 Å². The summed E-state index contributed by atoms with van der Waals surface area (Å²) >= 11 is 5.90. The number of carbonyl (C=O) groups excluding carboxylic acids is 1. The lowest BCUT2D eigenvalue weighted by Crippen LogP contribution is -2.07. The minimum atomic E-state index is -0.259. The fraction of sp³-hybridized carbons (Fsp3) is 0.0526. The lowest BCUT2D eigenvalue weighted by molar-refractivity contribution is -0.111. The molecule has 1 aromatic carbocycles. The summed E-state index contributed by atoms with van der Waals surface area (Å²) in [5.41, 5.74) is 3.56. The standard InChI is InChI=1S/C19H16ClN3O/c1-3-18(24)22-16-10-17-14(12-23(2)19(17)21-11-16)7-4-13-5-8-15(20)9-6-13/h3-12H,1H2,2H3,(H,22,24). The topological polar surface area (TPSA) is 46.9 Å². The van der Waals surface area contributed by atoms with Crippen molar-refractivity contribution in [1.29, 1.82) is 0 Å². The van der Waals surface area contributed by atoms with Crippen molar-refractivity contribution in [2.45, 2.75) is 0 Å². The molecule has 0 saturated carbocycles. The van der Waals surface area contributed by atoms with Gasteiger partial charge in [-0.05, 0) is 29.8 Å². The zero-order chi connectivity index (χ0) is 17.1. The lowest BCUT2D eigenvalue weighted by Gasteiger charge is -2.02. The smallest absolute Gasteiger partial charge is 0.247 e. The van der Waals surface area contributed by atoms with Crippen LogP contribution in [-0.4, -0.2) is 15.5 Å². The first kappa shape index (κ1) is 16.0. The van der Waals surface area contributed by atoms with E-state index < -0.39 is 0 Å². The highest BCUT2D eigenvalue weighted by atomic mass is 35.5. The van der Waals surface area contributed by atoms with Crippen molar-refractivity contribution >= 4 is 46.4 Å². The predicted octanol–water partition coefficient (Wildman–Crippen LogP) is 4.52. The fourth-order valence-electron chi connectivity index (χ4n) is 2.44. The zero-order valence-electron chi connectivity index (χ0n) is 13.2. The third-order valence-electron chi connectivity index (χ3n) is 3.62. The summed E-state index contributed by atoms with van der Waals surface area (Å²) in [7, 11) is 1.94. The van der Waals surface area contributed by atoms with Crippen molar-refractivity contribution < 1.29 is 4.79 Å². The number of benzene rings is 1. The molecule has 2 heterocycles. The van der Waals surface area contributed by atoms with Gasteiger partial charge in [0, 0.05) is 29.2 Å². The van der Waals surface area contributed by atoms with Gasteiger partial charge in [0.1, 0.15) is 5.65 Å². The molecule has 0 aliphatic rings. The van der Waals surface area contributed by atoms with E-state index in [4.69, 9.17) is 11.6 Å². The molecule has 0 aliphatic carbocycles. The van der Waals surface area contributed by atoms with Crippen molar-refractivity contribution in [3.05, 3.63) is 71.5 Å². The maximum Gasteiger partial charge on any atom is 0.247 e. The van der Waals surface area contributed by atoms with Crippen molar-refractivity contribution in [3.63, 3.8) is 0 Å². The van der Waals surface area contributed by atoms with Gasteiger partial charge in [-0.3, -0.25) is 4.79 Å². The monoisotopic (exact) mass is 337 g/mol. The Morgan fingerprint density at radius 1 is 1.29 bits per heavy atom. The minimum absolute atomic E-state index is 0.259. The Morgan fingerprint density at radius 3 is 2.75 bits per heavy atom. The van der Waals surface area contributed by atoms with Crippen LogP contribution in [0.5, 0.6) is 0 Å². The Balaban J connectivity index is 1.97. The number of halogens is 1. The van der Waals surface area contributed by atoms with Crippen LogP contribution in [0.3, 0.4) is 0 Å². The van der Waals surface area contributed by atoms with E-state index in [1.54, 1.807) is 6.20 Å². The van der Waals surface area contributed by atoms with E-state index in [1.165, 1.54) is 6.08 Å². The van der Waals surface area contributed by atoms with Crippen molar-refractivity contribution in [3.8, 4) is 0 Å². The number of aryl methyl sites for hydroxylation is 1. The SMILES string of the molecule is C=CC(=O)Nc1cnc2c(c1)c(C=Cc1ccc(Cl)cc1)cn2C. The van der Waals surface area contributed by atoms with Crippen molar-refractivity contribution in [1.82, 2.24) is 9.55 Å². The first-order valence-corrected chi connectivity index (χ1v) is 7.77. The second-order valence-electron chi connectivity index (χ2n) is 5.37. The molecule has 0 bridgehead atoms. The van der Waals surface area contributed by atoms with E-state index in [0.29, 0.717) is 10.7 Å². The van der Waals surface area contributed by atoms with Crippen LogP contribution in [0, 0.1) is 0 Å². The average Bonchev–Trinajstić information content (AvgIpc) is 2.90. The second kappa shape index (κ2) is 6.72. The molecule has 120 valence electrons. The minimum Gasteiger partial charge on any atom is -0.335 e. The van der Waals surface area contributed by atoms with E-state index >= 15 is 0 Å². The number of anilines is 1. The molecule has 3 aromatic rings. The van der Waals surface area contributed by atoms with Crippen LogP contribution in [0.1, 0.15) is 11.1 Å². The summed E-state index contributed by atoms with van der Waals surface area (Å²) in [5, 5.41) is 4.41. The summed E-state index contributed by atoms with van der Waals surface area (Å²) in [6.45, 7) is 3.45. The van der Waals surface area contributed by atoms with Crippen LogP contribution in [-0.2, 0) is 11.8 Å². The highest BCUT2D eigenvalue weighted by Gasteiger charge is 2.08. The number of nitrogens with one attached hydrogen (secondary N) is 1. The molecule has 0 atom stereocenters. The van der Waals surface area contributed by atoms with Crippen LogP contribution in [0.15, 0.2) is 55.4 Å². The number of rotatable bonds is 4. The number of pyridine rings is 1. The molecule has 3 rings (SSSR count). The van der Waals surface area contributed by atoms with Gasteiger partial charge in [0.25, 0.3) is 0 Å². The normalized spacial score (nSPS) is 11.1. The van der Waals surface area contributed by atoms with Gasteiger partial charge < -0.3 is 9.88 Å². The van der Waals surface area contributed by atoms with Crippen molar-refractivity contribution in [2.24, 2.45) is 7.05 Å².